The lowest BCUT2D eigenvalue weighted by atomic mass is 10.0. The monoisotopic (exact) mass is 730 g/mol. The SMILES string of the molecule is CC(C)(C)OC(=O)NC1CCCCC/C=C\C2CC2(C(=O)NS(=O)(=O)C2CC2)NC(=O)C2CC(OC(=O)c3ccc(CC(=O)O)cc3)CN2C1=O. The van der Waals surface area contributed by atoms with Crippen LogP contribution in [0.4, 0.5) is 4.79 Å². The molecule has 5 unspecified atom stereocenters. The molecule has 51 heavy (non-hydrogen) atoms. The molecule has 2 heterocycles. The van der Waals surface area contributed by atoms with Crippen molar-refractivity contribution in [2.75, 3.05) is 6.54 Å². The number of carbonyl (C=O) groups is 6. The summed E-state index contributed by atoms with van der Waals surface area (Å²) in [4.78, 5) is 80.2. The van der Waals surface area contributed by atoms with E-state index in [-0.39, 0.29) is 37.8 Å². The van der Waals surface area contributed by atoms with Gasteiger partial charge >= 0.3 is 18.0 Å². The number of nitrogens with zero attached hydrogens (tertiary/aromatic N) is 1. The Morgan fingerprint density at radius 1 is 1.04 bits per heavy atom. The second-order valence-electron chi connectivity index (χ2n) is 14.7. The number of ether oxygens (including phenoxy) is 2. The van der Waals surface area contributed by atoms with Crippen molar-refractivity contribution in [2.45, 2.75) is 120 Å². The fraction of sp³-hybridized carbons (Fsp3) is 0.600. The minimum atomic E-state index is -3.92. The summed E-state index contributed by atoms with van der Waals surface area (Å²) < 4.78 is 38.7. The zero-order valence-electron chi connectivity index (χ0n) is 29.0. The van der Waals surface area contributed by atoms with Crippen molar-refractivity contribution in [2.24, 2.45) is 5.92 Å². The van der Waals surface area contributed by atoms with Gasteiger partial charge in [-0.15, -0.1) is 0 Å². The zero-order chi connectivity index (χ0) is 37.1. The van der Waals surface area contributed by atoms with Gasteiger partial charge in [0, 0.05) is 12.3 Å². The van der Waals surface area contributed by atoms with Gasteiger partial charge in [0.25, 0.3) is 5.91 Å². The number of carboxylic acids is 1. The molecule has 0 bridgehead atoms. The molecule has 0 radical (unpaired) electrons. The predicted molar refractivity (Wildman–Crippen MR) is 182 cm³/mol. The number of alkyl carbamates (subject to hydrolysis) is 1. The number of sulfonamides is 1. The number of allylic oxidation sites excluding steroid dienone is 1. The summed E-state index contributed by atoms with van der Waals surface area (Å²) in [6, 6.07) is 3.50. The van der Waals surface area contributed by atoms with Crippen molar-refractivity contribution in [1.29, 1.82) is 0 Å². The van der Waals surface area contributed by atoms with Crippen molar-refractivity contribution in [1.82, 2.24) is 20.3 Å². The van der Waals surface area contributed by atoms with Gasteiger partial charge in [0.2, 0.25) is 21.8 Å². The zero-order valence-corrected chi connectivity index (χ0v) is 29.8. The molecule has 1 saturated heterocycles. The number of nitrogens with one attached hydrogen (secondary N) is 3. The fourth-order valence-corrected chi connectivity index (χ4v) is 7.81. The first-order valence-corrected chi connectivity index (χ1v) is 18.9. The lowest BCUT2D eigenvalue weighted by molar-refractivity contribution is -0.141. The summed E-state index contributed by atoms with van der Waals surface area (Å²) >= 11 is 0. The molecular weight excluding hydrogens is 684 g/mol. The second kappa shape index (κ2) is 15.0. The van der Waals surface area contributed by atoms with E-state index in [1.54, 1.807) is 26.8 Å². The van der Waals surface area contributed by atoms with Crippen LogP contribution in [-0.4, -0.2) is 95.3 Å². The van der Waals surface area contributed by atoms with Crippen molar-refractivity contribution in [3.8, 4) is 0 Å². The molecule has 1 aromatic carbocycles. The highest BCUT2D eigenvalue weighted by Gasteiger charge is 2.62. The van der Waals surface area contributed by atoms with Gasteiger partial charge in [-0.3, -0.25) is 23.9 Å². The summed E-state index contributed by atoms with van der Waals surface area (Å²) in [5, 5.41) is 13.8. The third-order valence-electron chi connectivity index (χ3n) is 9.35. The van der Waals surface area contributed by atoms with E-state index < -0.39 is 86.3 Å². The van der Waals surface area contributed by atoms with Gasteiger partial charge in [-0.05, 0) is 77.0 Å². The first kappa shape index (κ1) is 37.8. The maximum atomic E-state index is 14.2. The normalized spacial score (nSPS) is 27.7. The number of hydrogen-bond acceptors (Lipinski definition) is 10. The highest BCUT2D eigenvalue weighted by molar-refractivity contribution is 7.91. The van der Waals surface area contributed by atoms with Crippen LogP contribution in [0.25, 0.3) is 0 Å². The quantitative estimate of drug-likeness (QED) is 0.225. The summed E-state index contributed by atoms with van der Waals surface area (Å²) in [6.07, 6.45) is 5.52. The van der Waals surface area contributed by atoms with Crippen LogP contribution in [-0.2, 0) is 45.1 Å². The van der Waals surface area contributed by atoms with Gasteiger partial charge in [0.15, 0.2) is 0 Å². The van der Waals surface area contributed by atoms with Gasteiger partial charge in [-0.25, -0.2) is 18.0 Å². The minimum absolute atomic E-state index is 0.133. The summed E-state index contributed by atoms with van der Waals surface area (Å²) in [6.45, 7) is 4.85. The van der Waals surface area contributed by atoms with E-state index in [9.17, 15) is 37.2 Å². The van der Waals surface area contributed by atoms with Crippen LogP contribution >= 0.6 is 0 Å². The highest BCUT2D eigenvalue weighted by Crippen LogP contribution is 2.46. The molecule has 3 fully saturated rings. The van der Waals surface area contributed by atoms with Crippen molar-refractivity contribution in [3.63, 3.8) is 0 Å². The van der Waals surface area contributed by atoms with Crippen molar-refractivity contribution < 1.29 is 51.8 Å². The van der Waals surface area contributed by atoms with Crippen molar-refractivity contribution in [3.05, 3.63) is 47.5 Å². The molecule has 1 aromatic rings. The van der Waals surface area contributed by atoms with Gasteiger partial charge < -0.3 is 30.1 Å². The molecule has 4 amide bonds. The molecule has 2 saturated carbocycles. The molecule has 4 aliphatic rings. The molecular formula is C35H46N4O11S. The lowest BCUT2D eigenvalue weighted by Gasteiger charge is -2.30. The van der Waals surface area contributed by atoms with E-state index in [1.807, 2.05) is 6.08 Å². The standard InChI is InChI=1S/C35H46N4O11S/c1-34(2,3)50-33(46)36-26-10-8-6-4-5-7-9-23-19-35(23,32(45)38-51(47,48)25-15-16-25)37-29(42)27-18-24(20-39(27)30(26)43)49-31(44)22-13-11-21(12-14-22)17-28(40)41/h7,9,11-14,23-27H,4-6,8,10,15-20H2,1-3H3,(H,36,46)(H,37,42)(H,38,45)(H,40,41)/b9-7-. The Kier molecular flexibility index (Phi) is 11.1. The van der Waals surface area contributed by atoms with Crippen LogP contribution in [0.5, 0.6) is 0 Å². The third-order valence-corrected chi connectivity index (χ3v) is 11.2. The van der Waals surface area contributed by atoms with Gasteiger partial charge in [-0.2, -0.15) is 0 Å². The number of fused-ring (bicyclic) bond motifs is 2. The average Bonchev–Trinajstić information content (AvgIpc) is 3.95. The molecule has 2 aliphatic heterocycles. The van der Waals surface area contributed by atoms with Crippen LogP contribution in [0.1, 0.15) is 94.5 Å². The predicted octanol–water partition coefficient (Wildman–Crippen LogP) is 2.34. The molecule has 15 nitrogen and oxygen atoms in total. The van der Waals surface area contributed by atoms with Gasteiger partial charge in [-0.1, -0.05) is 37.1 Å². The third kappa shape index (κ3) is 9.65. The molecule has 16 heteroatoms. The second-order valence-corrected chi connectivity index (χ2v) is 16.7. The Bertz CT molecular complexity index is 1680. The number of aliphatic carboxylic acids is 1. The molecule has 4 N–H and O–H groups in total. The summed E-state index contributed by atoms with van der Waals surface area (Å²) in [7, 11) is -3.92. The Labute approximate surface area is 296 Å². The number of hydrogen-bond donors (Lipinski definition) is 4. The first-order valence-electron chi connectivity index (χ1n) is 17.3. The van der Waals surface area contributed by atoms with E-state index in [0.29, 0.717) is 37.7 Å². The molecule has 0 spiro atoms. The average molecular weight is 731 g/mol. The fourth-order valence-electron chi connectivity index (χ4n) is 6.45. The maximum absolute atomic E-state index is 14.2. The lowest BCUT2D eigenvalue weighted by Crippen LogP contribution is -2.58. The molecule has 5 rings (SSSR count). The smallest absolute Gasteiger partial charge is 0.408 e. The largest absolute Gasteiger partial charge is 0.481 e. The topological polar surface area (TPSA) is 215 Å². The first-order chi connectivity index (χ1) is 24.0. The van der Waals surface area contributed by atoms with E-state index in [0.717, 1.165) is 6.42 Å². The number of benzene rings is 1. The Balaban J connectivity index is 1.41. The van der Waals surface area contributed by atoms with Crippen LogP contribution in [0, 0.1) is 5.92 Å². The van der Waals surface area contributed by atoms with E-state index in [2.05, 4.69) is 15.4 Å². The molecule has 2 aliphatic carbocycles. The number of amides is 4. The molecule has 0 aromatic heterocycles. The van der Waals surface area contributed by atoms with Gasteiger partial charge in [0.05, 0.1) is 23.8 Å². The maximum Gasteiger partial charge on any atom is 0.408 e. The van der Waals surface area contributed by atoms with Crippen LogP contribution in [0.2, 0.25) is 0 Å². The Morgan fingerprint density at radius 3 is 2.39 bits per heavy atom. The van der Waals surface area contributed by atoms with Crippen LogP contribution < -0.4 is 15.4 Å². The Morgan fingerprint density at radius 2 is 1.75 bits per heavy atom. The minimum Gasteiger partial charge on any atom is -0.481 e. The summed E-state index contributed by atoms with van der Waals surface area (Å²) in [5.41, 5.74) is -1.80. The summed E-state index contributed by atoms with van der Waals surface area (Å²) in [5.74, 6) is -4.45. The van der Waals surface area contributed by atoms with Gasteiger partial charge in [0.1, 0.15) is 29.3 Å². The van der Waals surface area contributed by atoms with E-state index in [4.69, 9.17) is 14.6 Å². The number of rotatable bonds is 8. The van der Waals surface area contributed by atoms with Crippen LogP contribution in [0.15, 0.2) is 36.4 Å². The Hall–Kier alpha value is -4.47. The number of carboxylic acid groups (broad SMARTS) is 1. The van der Waals surface area contributed by atoms with Crippen molar-refractivity contribution >= 4 is 45.8 Å². The highest BCUT2D eigenvalue weighted by atomic mass is 32.2. The molecule has 5 atom stereocenters. The van der Waals surface area contributed by atoms with E-state index >= 15 is 0 Å². The number of esters is 1. The van der Waals surface area contributed by atoms with E-state index in [1.165, 1.54) is 29.2 Å². The molecule has 278 valence electrons. The van der Waals surface area contributed by atoms with Crippen LogP contribution in [0.3, 0.4) is 0 Å². The number of carbonyl (C=O) groups excluding carboxylic acids is 5.